The normalized spacial score (nSPS) is 16.8. The number of aliphatic hydroxyl groups excluding tert-OH is 2. The van der Waals surface area contributed by atoms with Crippen LogP contribution >= 0.6 is 0 Å². The molecule has 0 aromatic rings. The summed E-state index contributed by atoms with van der Waals surface area (Å²) in [4.78, 5) is 0. The highest BCUT2D eigenvalue weighted by Crippen LogP contribution is 1.84. The molecule has 62 valence electrons. The van der Waals surface area contributed by atoms with Crippen molar-refractivity contribution < 1.29 is 14.9 Å². The number of aliphatic hydroxyl groups is 2. The second-order valence-corrected chi connectivity index (χ2v) is 2.18. The van der Waals surface area contributed by atoms with Crippen LogP contribution in [0.2, 0.25) is 0 Å². The van der Waals surface area contributed by atoms with Crippen LogP contribution in [0.1, 0.15) is 6.92 Å². The molecule has 10 heavy (non-hydrogen) atoms. The Bertz CT molecular complexity index is 77.4. The van der Waals surface area contributed by atoms with Crippen molar-refractivity contribution >= 4 is 0 Å². The van der Waals surface area contributed by atoms with Crippen molar-refractivity contribution in [2.75, 3.05) is 20.3 Å². The van der Waals surface area contributed by atoms with E-state index in [1.54, 1.807) is 14.0 Å². The van der Waals surface area contributed by atoms with Crippen molar-refractivity contribution in [2.45, 2.75) is 19.2 Å². The minimum atomic E-state index is -0.604. The summed E-state index contributed by atoms with van der Waals surface area (Å²) >= 11 is 0. The number of methoxy groups -OCH3 is 1. The average Bonchev–Trinajstić information content (AvgIpc) is 1.86. The second-order valence-electron chi connectivity index (χ2n) is 2.18. The predicted octanol–water partition coefficient (Wildman–Crippen LogP) is -1.08. The highest BCUT2D eigenvalue weighted by atomic mass is 16.5. The van der Waals surface area contributed by atoms with Gasteiger partial charge in [-0.2, -0.15) is 0 Å². The van der Waals surface area contributed by atoms with Gasteiger partial charge in [0.05, 0.1) is 19.3 Å². The minimum Gasteiger partial charge on any atom is -0.395 e. The zero-order valence-corrected chi connectivity index (χ0v) is 6.37. The molecule has 3 N–H and O–H groups in total. The molecule has 0 bridgehead atoms. The van der Waals surface area contributed by atoms with Crippen molar-refractivity contribution in [2.24, 2.45) is 0 Å². The van der Waals surface area contributed by atoms with Crippen LogP contribution in [-0.4, -0.2) is 42.8 Å². The van der Waals surface area contributed by atoms with E-state index in [0.29, 0.717) is 6.61 Å². The molecule has 0 spiro atoms. The number of hydrogen-bond acceptors (Lipinski definition) is 4. The first-order valence-corrected chi connectivity index (χ1v) is 3.24. The summed E-state index contributed by atoms with van der Waals surface area (Å²) in [6.45, 7) is 1.97. The average molecular weight is 149 g/mol. The van der Waals surface area contributed by atoms with E-state index in [-0.39, 0.29) is 12.6 Å². The molecule has 0 radical (unpaired) electrons. The lowest BCUT2D eigenvalue weighted by Crippen LogP contribution is -2.41. The molecule has 0 rings (SSSR count). The van der Waals surface area contributed by atoms with Crippen LogP contribution in [0.25, 0.3) is 0 Å². The van der Waals surface area contributed by atoms with Gasteiger partial charge < -0.3 is 14.9 Å². The SMILES string of the molecule is COCC(CO)N[C@H](C)O. The molecule has 4 heteroatoms. The van der Waals surface area contributed by atoms with Crippen molar-refractivity contribution in [1.82, 2.24) is 5.32 Å². The molecule has 2 atom stereocenters. The molecule has 0 fully saturated rings. The second kappa shape index (κ2) is 5.61. The van der Waals surface area contributed by atoms with E-state index < -0.39 is 6.23 Å². The number of nitrogens with one attached hydrogen (secondary N) is 1. The van der Waals surface area contributed by atoms with Gasteiger partial charge in [-0.15, -0.1) is 0 Å². The molecule has 1 unspecified atom stereocenters. The van der Waals surface area contributed by atoms with Crippen LogP contribution < -0.4 is 5.32 Å². The molecule has 0 aromatic carbocycles. The molecule has 0 aliphatic rings. The van der Waals surface area contributed by atoms with Crippen LogP contribution in [0, 0.1) is 0 Å². The van der Waals surface area contributed by atoms with Crippen molar-refractivity contribution in [1.29, 1.82) is 0 Å². The van der Waals surface area contributed by atoms with Crippen molar-refractivity contribution in [3.05, 3.63) is 0 Å². The van der Waals surface area contributed by atoms with Crippen molar-refractivity contribution in [3.63, 3.8) is 0 Å². The minimum absolute atomic E-state index is 0.0290. The van der Waals surface area contributed by atoms with Gasteiger partial charge in [0.1, 0.15) is 6.23 Å². The van der Waals surface area contributed by atoms with Gasteiger partial charge >= 0.3 is 0 Å². The van der Waals surface area contributed by atoms with Crippen molar-refractivity contribution in [3.8, 4) is 0 Å². The van der Waals surface area contributed by atoms with Gasteiger partial charge in [0.15, 0.2) is 0 Å². The molecule has 0 aliphatic heterocycles. The summed E-state index contributed by atoms with van der Waals surface area (Å²) in [5.41, 5.74) is 0. The largest absolute Gasteiger partial charge is 0.395 e. The van der Waals surface area contributed by atoms with Gasteiger partial charge in [-0.3, -0.25) is 5.32 Å². The molecule has 0 saturated carbocycles. The Kier molecular flexibility index (Phi) is 5.52. The lowest BCUT2D eigenvalue weighted by Gasteiger charge is -2.16. The van der Waals surface area contributed by atoms with E-state index in [1.807, 2.05) is 0 Å². The number of ether oxygens (including phenoxy) is 1. The number of rotatable bonds is 5. The summed E-state index contributed by atoms with van der Waals surface area (Å²) in [7, 11) is 1.55. The third-order valence-corrected chi connectivity index (χ3v) is 1.07. The molecule has 4 nitrogen and oxygen atoms in total. The Hall–Kier alpha value is -0.160. The molecule has 0 aliphatic carbocycles. The van der Waals surface area contributed by atoms with Gasteiger partial charge in [0, 0.05) is 7.11 Å². The molecular weight excluding hydrogens is 134 g/mol. The van der Waals surface area contributed by atoms with Gasteiger partial charge in [0.2, 0.25) is 0 Å². The highest BCUT2D eigenvalue weighted by Gasteiger charge is 2.07. The summed E-state index contributed by atoms with van der Waals surface area (Å²) in [5, 5.41) is 20.2. The maximum atomic E-state index is 8.80. The van der Waals surface area contributed by atoms with E-state index in [4.69, 9.17) is 14.9 Å². The summed E-state index contributed by atoms with van der Waals surface area (Å²) in [6, 6.07) is -0.176. The maximum Gasteiger partial charge on any atom is 0.102 e. The topological polar surface area (TPSA) is 61.7 Å². The fourth-order valence-electron chi connectivity index (χ4n) is 0.696. The summed E-state index contributed by atoms with van der Waals surface area (Å²) in [6.07, 6.45) is -0.604. The third kappa shape index (κ3) is 4.69. The number of hydrogen-bond donors (Lipinski definition) is 3. The lowest BCUT2D eigenvalue weighted by atomic mass is 10.3. The Balaban J connectivity index is 3.39. The smallest absolute Gasteiger partial charge is 0.102 e. The maximum absolute atomic E-state index is 8.80. The summed E-state index contributed by atoms with van der Waals surface area (Å²) in [5.74, 6) is 0. The molecule has 0 amide bonds. The fourth-order valence-corrected chi connectivity index (χ4v) is 0.696. The quantitative estimate of drug-likeness (QED) is 0.435. The van der Waals surface area contributed by atoms with Gasteiger partial charge in [-0.1, -0.05) is 0 Å². The summed E-state index contributed by atoms with van der Waals surface area (Å²) < 4.78 is 4.76. The predicted molar refractivity (Wildman–Crippen MR) is 37.6 cm³/mol. The Labute approximate surface area is 60.8 Å². The van der Waals surface area contributed by atoms with E-state index in [9.17, 15) is 0 Å². The van der Waals surface area contributed by atoms with E-state index in [2.05, 4.69) is 5.32 Å². The zero-order valence-electron chi connectivity index (χ0n) is 6.37. The molecule has 0 saturated heterocycles. The fraction of sp³-hybridized carbons (Fsp3) is 1.00. The van der Waals surface area contributed by atoms with Crippen LogP contribution in [0.4, 0.5) is 0 Å². The Morgan fingerprint density at radius 2 is 2.20 bits per heavy atom. The van der Waals surface area contributed by atoms with E-state index in [0.717, 1.165) is 0 Å². The first-order chi connectivity index (χ1) is 4.70. The third-order valence-electron chi connectivity index (χ3n) is 1.07. The van der Waals surface area contributed by atoms with Crippen LogP contribution in [0.5, 0.6) is 0 Å². The monoisotopic (exact) mass is 149 g/mol. The standard InChI is InChI=1S/C6H15NO3/c1-5(9)7-6(3-8)4-10-2/h5-9H,3-4H2,1-2H3/t5-,6?/m0/s1. The van der Waals surface area contributed by atoms with Crippen LogP contribution in [0.3, 0.4) is 0 Å². The zero-order chi connectivity index (χ0) is 7.98. The van der Waals surface area contributed by atoms with Gasteiger partial charge in [-0.05, 0) is 6.92 Å². The lowest BCUT2D eigenvalue weighted by molar-refractivity contribution is 0.0762. The molecule has 0 heterocycles. The Morgan fingerprint density at radius 1 is 1.60 bits per heavy atom. The van der Waals surface area contributed by atoms with Gasteiger partial charge in [0.25, 0.3) is 0 Å². The highest BCUT2D eigenvalue weighted by molar-refractivity contribution is 4.63. The van der Waals surface area contributed by atoms with Crippen LogP contribution in [-0.2, 0) is 4.74 Å². The van der Waals surface area contributed by atoms with E-state index >= 15 is 0 Å². The first-order valence-electron chi connectivity index (χ1n) is 3.24. The van der Waals surface area contributed by atoms with Gasteiger partial charge in [-0.25, -0.2) is 0 Å². The molecular formula is C6H15NO3. The Morgan fingerprint density at radius 3 is 2.50 bits per heavy atom. The van der Waals surface area contributed by atoms with E-state index in [1.165, 1.54) is 0 Å². The van der Waals surface area contributed by atoms with Crippen LogP contribution in [0.15, 0.2) is 0 Å². The molecule has 0 aromatic heterocycles. The first kappa shape index (κ1) is 9.84.